The van der Waals surface area contributed by atoms with Gasteiger partial charge < -0.3 is 4.52 Å². The van der Waals surface area contributed by atoms with E-state index in [1.54, 1.807) is 0 Å². The van der Waals surface area contributed by atoms with Crippen LogP contribution in [0.3, 0.4) is 0 Å². The third kappa shape index (κ3) is 2.53. The largest absolute Gasteiger partial charge is 0.340 e. The molecule has 3 atom stereocenters. The van der Waals surface area contributed by atoms with Crippen molar-refractivity contribution in [1.82, 2.24) is 4.67 Å². The average Bonchev–Trinajstić information content (AvgIpc) is 3.15. The van der Waals surface area contributed by atoms with Gasteiger partial charge in [0, 0.05) is 18.5 Å². The Morgan fingerprint density at radius 2 is 1.57 bits per heavy atom. The third-order valence-corrected chi connectivity index (χ3v) is 5.80. The number of fused-ring (bicyclic) bond motifs is 1. The molecule has 0 spiro atoms. The fourth-order valence-corrected chi connectivity index (χ4v) is 4.85. The van der Waals surface area contributed by atoms with Crippen molar-refractivity contribution < 1.29 is 4.52 Å². The van der Waals surface area contributed by atoms with E-state index in [0.29, 0.717) is 20.9 Å². The monoisotopic (exact) mass is 297 g/mol. The maximum absolute atomic E-state index is 6.24. The van der Waals surface area contributed by atoms with E-state index < -0.39 is 0 Å². The van der Waals surface area contributed by atoms with Crippen LogP contribution in [0.25, 0.3) is 0 Å². The first kappa shape index (κ1) is 13.5. The molecule has 0 radical (unpaired) electrons. The zero-order valence-corrected chi connectivity index (χ0v) is 13.0. The Balaban J connectivity index is 1.74. The quantitative estimate of drug-likeness (QED) is 0.788. The lowest BCUT2D eigenvalue weighted by Gasteiger charge is -2.27. The lowest BCUT2D eigenvalue weighted by molar-refractivity contribution is 0.191. The molecular formula is C18H20NOP. The first-order valence-electron chi connectivity index (χ1n) is 7.71. The van der Waals surface area contributed by atoms with Gasteiger partial charge in [0.1, 0.15) is 0 Å². The number of benzene rings is 2. The van der Waals surface area contributed by atoms with E-state index in [1.807, 2.05) is 0 Å². The van der Waals surface area contributed by atoms with Crippen LogP contribution in [0.4, 0.5) is 0 Å². The van der Waals surface area contributed by atoms with Crippen LogP contribution >= 0.6 is 8.96 Å². The smallest absolute Gasteiger partial charge is 0.0899 e. The molecule has 3 heteroatoms. The number of hydrogen-bond donors (Lipinski definition) is 0. The van der Waals surface area contributed by atoms with Gasteiger partial charge in [-0.25, -0.2) is 0 Å². The highest BCUT2D eigenvalue weighted by molar-refractivity contribution is 7.29. The summed E-state index contributed by atoms with van der Waals surface area (Å²) in [7, 11) is 0.539. The van der Waals surface area contributed by atoms with Crippen LogP contribution in [0, 0.1) is 0 Å². The Kier molecular flexibility index (Phi) is 3.77. The molecule has 0 bridgehead atoms. The van der Waals surface area contributed by atoms with Crippen molar-refractivity contribution in [3.05, 3.63) is 71.8 Å². The van der Waals surface area contributed by atoms with Crippen molar-refractivity contribution in [2.75, 3.05) is 6.54 Å². The zero-order valence-electron chi connectivity index (χ0n) is 12.0. The molecule has 0 aliphatic carbocycles. The second-order valence-electron chi connectivity index (χ2n) is 5.88. The molecule has 0 aromatic heterocycles. The Hall–Kier alpha value is -1.21. The molecular weight excluding hydrogens is 277 g/mol. The van der Waals surface area contributed by atoms with Crippen molar-refractivity contribution in [3.8, 4) is 0 Å². The maximum atomic E-state index is 6.24. The molecule has 2 aliphatic rings. The van der Waals surface area contributed by atoms with Crippen LogP contribution in [0.15, 0.2) is 60.7 Å². The van der Waals surface area contributed by atoms with Gasteiger partial charge in [0.05, 0.1) is 15.1 Å². The Morgan fingerprint density at radius 1 is 0.952 bits per heavy atom. The van der Waals surface area contributed by atoms with Gasteiger partial charge in [0.2, 0.25) is 0 Å². The molecule has 108 valence electrons. The van der Waals surface area contributed by atoms with Gasteiger partial charge in [0.25, 0.3) is 0 Å². The van der Waals surface area contributed by atoms with E-state index in [-0.39, 0.29) is 6.10 Å². The van der Waals surface area contributed by atoms with Crippen molar-refractivity contribution in [2.24, 2.45) is 0 Å². The maximum Gasteiger partial charge on any atom is 0.0899 e. The van der Waals surface area contributed by atoms with Crippen molar-refractivity contribution in [2.45, 2.75) is 30.9 Å². The highest BCUT2D eigenvalue weighted by Crippen LogP contribution is 2.48. The summed E-state index contributed by atoms with van der Waals surface area (Å²) in [5.74, 6) is 0.341. The Labute approximate surface area is 128 Å². The van der Waals surface area contributed by atoms with Crippen LogP contribution < -0.4 is 0 Å². The van der Waals surface area contributed by atoms with Crippen LogP contribution in [-0.2, 0) is 4.52 Å². The summed E-state index contributed by atoms with van der Waals surface area (Å²) in [6.07, 6.45) is 2.87. The van der Waals surface area contributed by atoms with Gasteiger partial charge in [-0.1, -0.05) is 60.7 Å². The highest BCUT2D eigenvalue weighted by Gasteiger charge is 2.43. The van der Waals surface area contributed by atoms with E-state index >= 15 is 0 Å². The molecule has 2 saturated heterocycles. The van der Waals surface area contributed by atoms with Gasteiger partial charge in [-0.05, 0) is 24.0 Å². The van der Waals surface area contributed by atoms with Crippen LogP contribution in [0.1, 0.15) is 29.9 Å². The molecule has 2 aliphatic heterocycles. The summed E-state index contributed by atoms with van der Waals surface area (Å²) >= 11 is 0. The Morgan fingerprint density at radius 3 is 2.19 bits per heavy atom. The summed E-state index contributed by atoms with van der Waals surface area (Å²) in [5, 5.41) is 0. The van der Waals surface area contributed by atoms with Gasteiger partial charge in [0.15, 0.2) is 0 Å². The average molecular weight is 297 g/mol. The van der Waals surface area contributed by atoms with Crippen LogP contribution in [0.2, 0.25) is 0 Å². The summed E-state index contributed by atoms with van der Waals surface area (Å²) in [6, 6.07) is 22.3. The lowest BCUT2D eigenvalue weighted by atomic mass is 9.83. The molecule has 2 fully saturated rings. The van der Waals surface area contributed by atoms with Crippen molar-refractivity contribution in [1.29, 1.82) is 0 Å². The van der Waals surface area contributed by atoms with Gasteiger partial charge in [-0.3, -0.25) is 4.67 Å². The molecule has 2 nitrogen and oxygen atoms in total. The second kappa shape index (κ2) is 5.88. The molecule has 2 aromatic rings. The van der Waals surface area contributed by atoms with E-state index in [4.69, 9.17) is 4.52 Å². The summed E-state index contributed by atoms with van der Waals surface area (Å²) in [5.41, 5.74) is 2.74. The van der Waals surface area contributed by atoms with Crippen molar-refractivity contribution >= 4 is 8.96 Å². The first-order valence-corrected chi connectivity index (χ1v) is 8.57. The normalized spacial score (nSPS) is 26.5. The molecule has 0 amide bonds. The zero-order chi connectivity index (χ0) is 14.1. The predicted octanol–water partition coefficient (Wildman–Crippen LogP) is 4.19. The third-order valence-electron chi connectivity index (χ3n) is 4.63. The second-order valence-corrected chi connectivity index (χ2v) is 6.87. The molecule has 0 saturated carbocycles. The molecule has 2 aromatic carbocycles. The molecule has 21 heavy (non-hydrogen) atoms. The highest BCUT2D eigenvalue weighted by atomic mass is 31.1. The Bertz CT molecular complexity index is 549. The summed E-state index contributed by atoms with van der Waals surface area (Å²) in [4.78, 5) is 0. The standard InChI is InChI=1S/C18H20NOP/c1-3-8-14(9-4-1)17(15-10-5-2-6-11-15)18-16-12-7-13-19(16)21-20-18/h1-6,8-11,16-18,21H,7,12-13H2/t16-,18?/m0/s1. The molecule has 2 unspecified atom stereocenters. The topological polar surface area (TPSA) is 12.5 Å². The number of hydrogen-bond acceptors (Lipinski definition) is 2. The minimum atomic E-state index is 0.288. The number of nitrogens with zero attached hydrogens (tertiary/aromatic N) is 1. The lowest BCUT2D eigenvalue weighted by Crippen LogP contribution is -2.33. The van der Waals surface area contributed by atoms with E-state index in [2.05, 4.69) is 65.3 Å². The van der Waals surface area contributed by atoms with E-state index in [1.165, 1.54) is 30.5 Å². The minimum Gasteiger partial charge on any atom is -0.340 e. The van der Waals surface area contributed by atoms with Gasteiger partial charge in [-0.2, -0.15) is 0 Å². The number of rotatable bonds is 3. The van der Waals surface area contributed by atoms with E-state index in [0.717, 1.165) is 0 Å². The predicted molar refractivity (Wildman–Crippen MR) is 87.6 cm³/mol. The fourth-order valence-electron chi connectivity index (χ4n) is 3.64. The fraction of sp³-hybridized carbons (Fsp3) is 0.333. The van der Waals surface area contributed by atoms with Crippen LogP contribution in [-0.4, -0.2) is 23.4 Å². The van der Waals surface area contributed by atoms with E-state index in [9.17, 15) is 0 Å². The molecule has 4 rings (SSSR count). The van der Waals surface area contributed by atoms with Crippen molar-refractivity contribution in [3.63, 3.8) is 0 Å². The van der Waals surface area contributed by atoms with Gasteiger partial charge in [-0.15, -0.1) is 0 Å². The summed E-state index contributed by atoms with van der Waals surface area (Å²) < 4.78 is 8.78. The minimum absolute atomic E-state index is 0.288. The van der Waals surface area contributed by atoms with Crippen LogP contribution in [0.5, 0.6) is 0 Å². The SMILES string of the molecule is c1ccc(C(c2ccccc2)C2OPN3CCC[C@@H]23)cc1. The van der Waals surface area contributed by atoms with Gasteiger partial charge >= 0.3 is 0 Å². The first-order chi connectivity index (χ1) is 10.4. The molecule has 0 N–H and O–H groups in total. The summed E-state index contributed by atoms with van der Waals surface area (Å²) in [6.45, 7) is 1.20. The molecule has 2 heterocycles.